The molecule has 0 spiro atoms. The quantitative estimate of drug-likeness (QED) is 0.378. The monoisotopic (exact) mass is 510 g/mol. The highest BCUT2D eigenvalue weighted by atomic mass is 19.4. The van der Waals surface area contributed by atoms with E-state index in [2.05, 4.69) is 37.8 Å². The lowest BCUT2D eigenvalue weighted by molar-refractivity contribution is -0.137. The van der Waals surface area contributed by atoms with Gasteiger partial charge in [0.1, 0.15) is 12.4 Å². The first-order valence-corrected chi connectivity index (χ1v) is 12.5. The Morgan fingerprint density at radius 1 is 0.811 bits per heavy atom. The maximum atomic E-state index is 13.1. The van der Waals surface area contributed by atoms with Crippen LogP contribution in [0.15, 0.2) is 72.8 Å². The fourth-order valence-corrected chi connectivity index (χ4v) is 4.41. The van der Waals surface area contributed by atoms with Gasteiger partial charge < -0.3 is 9.64 Å². The van der Waals surface area contributed by atoms with Gasteiger partial charge in [-0.25, -0.2) is 0 Å². The molecular weight excluding hydrogens is 477 g/mol. The minimum Gasteiger partial charge on any atom is -0.489 e. The van der Waals surface area contributed by atoms with Gasteiger partial charge in [-0.1, -0.05) is 63.2 Å². The highest BCUT2D eigenvalue weighted by molar-refractivity contribution is 5.94. The van der Waals surface area contributed by atoms with Gasteiger partial charge in [0, 0.05) is 38.3 Å². The van der Waals surface area contributed by atoms with Crippen molar-refractivity contribution in [3.8, 4) is 5.75 Å². The number of benzene rings is 3. The molecule has 3 aromatic rings. The van der Waals surface area contributed by atoms with Crippen LogP contribution in [0.4, 0.5) is 13.2 Å². The molecule has 0 saturated carbocycles. The lowest BCUT2D eigenvalue weighted by atomic mass is 9.87. The van der Waals surface area contributed by atoms with Crippen molar-refractivity contribution >= 4 is 5.91 Å². The summed E-state index contributed by atoms with van der Waals surface area (Å²) in [5.41, 5.74) is 2.82. The summed E-state index contributed by atoms with van der Waals surface area (Å²) in [6, 6.07) is 21.0. The van der Waals surface area contributed by atoms with E-state index in [1.54, 1.807) is 17.0 Å². The average molecular weight is 511 g/mol. The van der Waals surface area contributed by atoms with Crippen LogP contribution in [-0.2, 0) is 24.7 Å². The summed E-state index contributed by atoms with van der Waals surface area (Å²) < 4.78 is 44.9. The van der Waals surface area contributed by atoms with Gasteiger partial charge in [0.25, 0.3) is 5.91 Å². The summed E-state index contributed by atoms with van der Waals surface area (Å²) in [4.78, 5) is 17.0. The second-order valence-corrected chi connectivity index (χ2v) is 10.5. The number of halogens is 3. The average Bonchev–Trinajstić information content (AvgIpc) is 2.87. The summed E-state index contributed by atoms with van der Waals surface area (Å²) in [6.45, 7) is 9.56. The van der Waals surface area contributed by atoms with Crippen molar-refractivity contribution in [2.24, 2.45) is 0 Å². The number of amides is 1. The third-order valence-corrected chi connectivity index (χ3v) is 6.62. The van der Waals surface area contributed by atoms with E-state index in [0.29, 0.717) is 50.5 Å². The van der Waals surface area contributed by atoms with E-state index >= 15 is 0 Å². The SMILES string of the molecule is CC(C)(C)c1ccc(OCc2cccc(C(=O)N3CCN(Cc4cccc(C(F)(F)F)c4)CC3)c2)cc1. The first-order valence-electron chi connectivity index (χ1n) is 12.5. The number of nitrogens with zero attached hydrogens (tertiary/aromatic N) is 2. The van der Waals surface area contributed by atoms with Crippen molar-refractivity contribution < 1.29 is 22.7 Å². The van der Waals surface area contributed by atoms with Crippen molar-refractivity contribution in [3.05, 3.63) is 101 Å². The van der Waals surface area contributed by atoms with Gasteiger partial charge in [0.15, 0.2) is 0 Å². The molecule has 1 aliphatic rings. The van der Waals surface area contributed by atoms with Gasteiger partial charge in [0.2, 0.25) is 0 Å². The van der Waals surface area contributed by atoms with Crippen LogP contribution in [-0.4, -0.2) is 41.9 Å². The molecular formula is C30H33F3N2O2. The standard InChI is InChI=1S/C30H33F3N2O2/c1-29(2,3)25-10-12-27(13-11-25)37-21-23-7-4-8-24(18-23)28(36)35-16-14-34(15-17-35)20-22-6-5-9-26(19-22)30(31,32)33/h4-13,18-19H,14-17,20-21H2,1-3H3. The normalized spacial score (nSPS) is 15.0. The summed E-state index contributed by atoms with van der Waals surface area (Å²) in [6.07, 6.45) is -4.35. The Morgan fingerprint density at radius 2 is 1.46 bits per heavy atom. The van der Waals surface area contributed by atoms with Gasteiger partial charge in [-0.3, -0.25) is 9.69 Å². The second-order valence-electron chi connectivity index (χ2n) is 10.5. The maximum Gasteiger partial charge on any atom is 0.416 e. The molecule has 0 aliphatic carbocycles. The fourth-order valence-electron chi connectivity index (χ4n) is 4.41. The van der Waals surface area contributed by atoms with Crippen molar-refractivity contribution in [2.75, 3.05) is 26.2 Å². The minimum absolute atomic E-state index is 0.0462. The van der Waals surface area contributed by atoms with Crippen molar-refractivity contribution in [3.63, 3.8) is 0 Å². The number of ether oxygens (including phenoxy) is 1. The summed E-state index contributed by atoms with van der Waals surface area (Å²) in [5.74, 6) is 0.733. The molecule has 0 radical (unpaired) electrons. The van der Waals surface area contributed by atoms with Gasteiger partial charge in [-0.05, 0) is 52.4 Å². The topological polar surface area (TPSA) is 32.8 Å². The lowest BCUT2D eigenvalue weighted by Gasteiger charge is -2.35. The predicted molar refractivity (Wildman–Crippen MR) is 139 cm³/mol. The Balaban J connectivity index is 1.30. The molecule has 1 aliphatic heterocycles. The maximum absolute atomic E-state index is 13.1. The van der Waals surface area contributed by atoms with Crippen LogP contribution in [0.2, 0.25) is 0 Å². The molecule has 3 aromatic carbocycles. The number of hydrogen-bond donors (Lipinski definition) is 0. The van der Waals surface area contributed by atoms with E-state index in [1.165, 1.54) is 17.7 Å². The van der Waals surface area contributed by atoms with Crippen LogP contribution in [0.3, 0.4) is 0 Å². The lowest BCUT2D eigenvalue weighted by Crippen LogP contribution is -2.48. The predicted octanol–water partition coefficient (Wildman–Crippen LogP) is 6.54. The summed E-state index contributed by atoms with van der Waals surface area (Å²) >= 11 is 0. The Labute approximate surface area is 216 Å². The third-order valence-electron chi connectivity index (χ3n) is 6.62. The molecule has 1 amide bonds. The molecule has 37 heavy (non-hydrogen) atoms. The zero-order valence-electron chi connectivity index (χ0n) is 21.5. The number of carbonyl (C=O) groups is 1. The third kappa shape index (κ3) is 7.13. The molecule has 4 rings (SSSR count). The number of hydrogen-bond acceptors (Lipinski definition) is 3. The van der Waals surface area contributed by atoms with Gasteiger partial charge in [0.05, 0.1) is 5.56 Å². The van der Waals surface area contributed by atoms with E-state index in [4.69, 9.17) is 4.74 Å². The van der Waals surface area contributed by atoms with Crippen LogP contribution in [0, 0.1) is 0 Å². The van der Waals surface area contributed by atoms with Crippen LogP contribution < -0.4 is 4.74 Å². The molecule has 0 atom stereocenters. The number of rotatable bonds is 6. The highest BCUT2D eigenvalue weighted by Gasteiger charge is 2.30. The Hall–Kier alpha value is -3.32. The first kappa shape index (κ1) is 26.7. The van der Waals surface area contributed by atoms with E-state index in [1.807, 2.05) is 30.3 Å². The fraction of sp³-hybridized carbons (Fsp3) is 0.367. The van der Waals surface area contributed by atoms with Crippen molar-refractivity contribution in [1.29, 1.82) is 0 Å². The van der Waals surface area contributed by atoms with E-state index in [0.717, 1.165) is 17.4 Å². The number of piperazine rings is 1. The molecule has 196 valence electrons. The first-order chi connectivity index (χ1) is 17.5. The zero-order valence-corrected chi connectivity index (χ0v) is 21.5. The summed E-state index contributed by atoms with van der Waals surface area (Å²) in [5, 5.41) is 0. The number of carbonyl (C=O) groups excluding carboxylic acids is 1. The molecule has 7 heteroatoms. The number of alkyl halides is 3. The Kier molecular flexibility index (Phi) is 7.93. The molecule has 4 nitrogen and oxygen atoms in total. The highest BCUT2D eigenvalue weighted by Crippen LogP contribution is 2.30. The van der Waals surface area contributed by atoms with Crippen LogP contribution in [0.5, 0.6) is 5.75 Å². The molecule has 1 fully saturated rings. The van der Waals surface area contributed by atoms with Crippen molar-refractivity contribution in [2.45, 2.75) is 45.5 Å². The smallest absolute Gasteiger partial charge is 0.416 e. The van der Waals surface area contributed by atoms with Gasteiger partial charge in [-0.2, -0.15) is 13.2 Å². The molecule has 0 bridgehead atoms. The molecule has 1 heterocycles. The van der Waals surface area contributed by atoms with E-state index in [9.17, 15) is 18.0 Å². The van der Waals surface area contributed by atoms with Crippen LogP contribution >= 0.6 is 0 Å². The van der Waals surface area contributed by atoms with Crippen LogP contribution in [0.1, 0.15) is 53.4 Å². The largest absolute Gasteiger partial charge is 0.489 e. The van der Waals surface area contributed by atoms with E-state index in [-0.39, 0.29) is 11.3 Å². The van der Waals surface area contributed by atoms with E-state index < -0.39 is 11.7 Å². The van der Waals surface area contributed by atoms with Crippen LogP contribution in [0.25, 0.3) is 0 Å². The summed E-state index contributed by atoms with van der Waals surface area (Å²) in [7, 11) is 0. The van der Waals surface area contributed by atoms with Crippen molar-refractivity contribution in [1.82, 2.24) is 9.80 Å². The zero-order chi connectivity index (χ0) is 26.6. The molecule has 1 saturated heterocycles. The second kappa shape index (κ2) is 11.0. The van der Waals surface area contributed by atoms with Gasteiger partial charge >= 0.3 is 6.18 Å². The molecule has 0 unspecified atom stereocenters. The Bertz CT molecular complexity index is 1210. The van der Waals surface area contributed by atoms with Gasteiger partial charge in [-0.15, -0.1) is 0 Å². The molecule has 0 N–H and O–H groups in total. The molecule has 0 aromatic heterocycles. The Morgan fingerprint density at radius 3 is 2.11 bits per heavy atom. The minimum atomic E-state index is -4.35.